The molecule has 0 saturated carbocycles. The number of benzene rings is 3. The van der Waals surface area contributed by atoms with Crippen LogP contribution < -0.4 is 15.2 Å². The normalized spacial score (nSPS) is 16.6. The average molecular weight is 533 g/mol. The van der Waals surface area contributed by atoms with Crippen molar-refractivity contribution in [2.45, 2.75) is 37.5 Å². The van der Waals surface area contributed by atoms with E-state index in [1.807, 2.05) is 47.4 Å². The molecule has 5 nitrogen and oxygen atoms in total. The Bertz CT molecular complexity index is 1270. The minimum absolute atomic E-state index is 0.262. The van der Waals surface area contributed by atoms with Crippen molar-refractivity contribution in [3.63, 3.8) is 0 Å². The first-order valence-corrected chi connectivity index (χ1v) is 12.2. The van der Waals surface area contributed by atoms with Gasteiger partial charge < -0.3 is 15.2 Å². The zero-order chi connectivity index (χ0) is 26.7. The van der Waals surface area contributed by atoms with Gasteiger partial charge in [0.2, 0.25) is 5.91 Å². The third-order valence-corrected chi connectivity index (χ3v) is 7.28. The number of fused-ring (bicyclic) bond motifs is 1. The number of halogens is 4. The fourth-order valence-electron chi connectivity index (χ4n) is 5.12. The molecule has 2 unspecified atom stereocenters. The van der Waals surface area contributed by atoms with Gasteiger partial charge in [0.25, 0.3) is 0 Å². The number of hydrogen-bond acceptors (Lipinski definition) is 4. The van der Waals surface area contributed by atoms with Crippen molar-refractivity contribution >= 4 is 17.5 Å². The minimum Gasteiger partial charge on any atom is -0.493 e. The van der Waals surface area contributed by atoms with E-state index in [-0.39, 0.29) is 17.5 Å². The van der Waals surface area contributed by atoms with Crippen LogP contribution in [0.15, 0.2) is 60.7 Å². The second-order valence-electron chi connectivity index (χ2n) is 8.94. The van der Waals surface area contributed by atoms with E-state index in [1.165, 1.54) is 6.07 Å². The summed E-state index contributed by atoms with van der Waals surface area (Å²) in [5.74, 6) is 0.613. The molecule has 196 valence electrons. The van der Waals surface area contributed by atoms with Crippen molar-refractivity contribution < 1.29 is 27.4 Å². The van der Waals surface area contributed by atoms with E-state index >= 15 is 0 Å². The third-order valence-electron chi connectivity index (χ3n) is 6.83. The molecule has 0 aromatic heterocycles. The van der Waals surface area contributed by atoms with E-state index in [1.54, 1.807) is 20.3 Å². The van der Waals surface area contributed by atoms with E-state index in [2.05, 4.69) is 0 Å². The standard InChI is InChI=1S/C28H28ClF3N2O3/c1-36-23-15-19-13-14-34(26(27(33)35)18-7-4-3-5-8-18)22(20(19)16-24(23)37-2)12-11-17-9-6-10-21(25(17)29)28(30,31)32/h3-10,15-16,22,26H,11-14H2,1-2H3,(H2,33,35). The van der Waals surface area contributed by atoms with Crippen molar-refractivity contribution in [2.24, 2.45) is 5.73 Å². The number of rotatable bonds is 8. The molecule has 2 N–H and O–H groups in total. The van der Waals surface area contributed by atoms with Crippen LogP contribution in [0, 0.1) is 0 Å². The van der Waals surface area contributed by atoms with E-state index in [0.717, 1.165) is 22.8 Å². The molecule has 3 aromatic rings. The molecule has 0 radical (unpaired) electrons. The number of aryl methyl sites for hydroxylation is 1. The summed E-state index contributed by atoms with van der Waals surface area (Å²) < 4.78 is 51.4. The van der Waals surface area contributed by atoms with Gasteiger partial charge in [-0.15, -0.1) is 0 Å². The molecule has 1 heterocycles. The van der Waals surface area contributed by atoms with Crippen molar-refractivity contribution in [1.82, 2.24) is 4.90 Å². The Kier molecular flexibility index (Phi) is 7.99. The summed E-state index contributed by atoms with van der Waals surface area (Å²) in [6.45, 7) is 0.520. The topological polar surface area (TPSA) is 64.8 Å². The molecule has 1 aliphatic rings. The molecule has 0 bridgehead atoms. The van der Waals surface area contributed by atoms with Crippen LogP contribution in [0.25, 0.3) is 0 Å². The Hall–Kier alpha value is -3.23. The van der Waals surface area contributed by atoms with Crippen LogP contribution in [0.5, 0.6) is 11.5 Å². The van der Waals surface area contributed by atoms with E-state index in [9.17, 15) is 18.0 Å². The lowest BCUT2D eigenvalue weighted by Crippen LogP contribution is -2.44. The number of amides is 1. The van der Waals surface area contributed by atoms with Crippen LogP contribution in [-0.2, 0) is 23.8 Å². The largest absolute Gasteiger partial charge is 0.493 e. The highest BCUT2D eigenvalue weighted by Gasteiger charge is 2.37. The summed E-state index contributed by atoms with van der Waals surface area (Å²) in [6, 6.07) is 15.9. The molecule has 2 atom stereocenters. The molecule has 3 aromatic carbocycles. The highest BCUT2D eigenvalue weighted by atomic mass is 35.5. The Morgan fingerprint density at radius 3 is 2.38 bits per heavy atom. The molecule has 0 aliphatic carbocycles. The summed E-state index contributed by atoms with van der Waals surface area (Å²) in [6.07, 6.45) is -3.25. The first kappa shape index (κ1) is 26.8. The van der Waals surface area contributed by atoms with Gasteiger partial charge in [-0.3, -0.25) is 9.69 Å². The maximum atomic E-state index is 13.5. The number of carbonyl (C=O) groups is 1. The molecule has 1 aliphatic heterocycles. The maximum Gasteiger partial charge on any atom is 0.417 e. The van der Waals surface area contributed by atoms with Crippen molar-refractivity contribution in [3.05, 3.63) is 93.5 Å². The molecular weight excluding hydrogens is 505 g/mol. The number of carbonyl (C=O) groups excluding carboxylic acids is 1. The van der Waals surface area contributed by atoms with Gasteiger partial charge in [0.15, 0.2) is 11.5 Å². The Morgan fingerprint density at radius 2 is 1.76 bits per heavy atom. The second kappa shape index (κ2) is 11.0. The number of primary amides is 1. The number of hydrogen-bond donors (Lipinski definition) is 1. The lowest BCUT2D eigenvalue weighted by molar-refractivity contribution is -0.137. The summed E-state index contributed by atoms with van der Waals surface area (Å²) >= 11 is 6.20. The third kappa shape index (κ3) is 5.55. The van der Waals surface area contributed by atoms with Gasteiger partial charge in [0, 0.05) is 12.6 Å². The van der Waals surface area contributed by atoms with Crippen LogP contribution in [0.4, 0.5) is 13.2 Å². The van der Waals surface area contributed by atoms with Gasteiger partial charge in [-0.2, -0.15) is 13.2 Å². The number of methoxy groups -OCH3 is 2. The van der Waals surface area contributed by atoms with Gasteiger partial charge in [0.05, 0.1) is 24.8 Å². The molecule has 0 fully saturated rings. The van der Waals surface area contributed by atoms with E-state index < -0.39 is 23.7 Å². The lowest BCUT2D eigenvalue weighted by atomic mass is 9.86. The molecular formula is C28H28ClF3N2O3. The van der Waals surface area contributed by atoms with Crippen molar-refractivity contribution in [2.75, 3.05) is 20.8 Å². The predicted octanol–water partition coefficient (Wildman–Crippen LogP) is 6.13. The van der Waals surface area contributed by atoms with Gasteiger partial charge >= 0.3 is 6.18 Å². The zero-order valence-electron chi connectivity index (χ0n) is 20.5. The van der Waals surface area contributed by atoms with Crippen LogP contribution in [0.2, 0.25) is 5.02 Å². The zero-order valence-corrected chi connectivity index (χ0v) is 21.3. The summed E-state index contributed by atoms with van der Waals surface area (Å²) in [5.41, 5.74) is 8.12. The summed E-state index contributed by atoms with van der Waals surface area (Å²) in [4.78, 5) is 14.8. The fraction of sp³-hybridized carbons (Fsp3) is 0.321. The fourth-order valence-corrected chi connectivity index (χ4v) is 5.44. The molecule has 0 spiro atoms. The summed E-state index contributed by atoms with van der Waals surface area (Å²) in [5, 5.41) is -0.306. The quantitative estimate of drug-likeness (QED) is 0.379. The van der Waals surface area contributed by atoms with Crippen molar-refractivity contribution in [3.8, 4) is 11.5 Å². The predicted molar refractivity (Wildman–Crippen MR) is 136 cm³/mol. The highest BCUT2D eigenvalue weighted by Crippen LogP contribution is 2.44. The van der Waals surface area contributed by atoms with Gasteiger partial charge in [-0.1, -0.05) is 54.1 Å². The van der Waals surface area contributed by atoms with Crippen LogP contribution in [0.1, 0.15) is 46.3 Å². The van der Waals surface area contributed by atoms with Gasteiger partial charge in [-0.05, 0) is 59.7 Å². The number of nitrogens with two attached hydrogens (primary N) is 1. The first-order valence-electron chi connectivity index (χ1n) is 11.8. The molecule has 37 heavy (non-hydrogen) atoms. The number of alkyl halides is 3. The smallest absolute Gasteiger partial charge is 0.417 e. The highest BCUT2D eigenvalue weighted by molar-refractivity contribution is 6.32. The van der Waals surface area contributed by atoms with Crippen molar-refractivity contribution in [1.29, 1.82) is 0 Å². The van der Waals surface area contributed by atoms with Gasteiger partial charge in [-0.25, -0.2) is 0 Å². The maximum absolute atomic E-state index is 13.5. The number of ether oxygens (including phenoxy) is 2. The van der Waals surface area contributed by atoms with Gasteiger partial charge in [0.1, 0.15) is 6.04 Å². The van der Waals surface area contributed by atoms with Crippen LogP contribution in [0.3, 0.4) is 0 Å². The monoisotopic (exact) mass is 532 g/mol. The second-order valence-corrected chi connectivity index (χ2v) is 9.32. The van der Waals surface area contributed by atoms with Crippen LogP contribution in [-0.4, -0.2) is 31.6 Å². The average Bonchev–Trinajstić information content (AvgIpc) is 2.87. The summed E-state index contributed by atoms with van der Waals surface area (Å²) in [7, 11) is 3.10. The number of nitrogens with zero attached hydrogens (tertiary/aromatic N) is 1. The molecule has 9 heteroatoms. The molecule has 4 rings (SSSR count). The first-order chi connectivity index (χ1) is 17.7. The van der Waals surface area contributed by atoms with E-state index in [4.69, 9.17) is 26.8 Å². The lowest BCUT2D eigenvalue weighted by Gasteiger charge is -2.41. The Balaban J connectivity index is 1.77. The van der Waals surface area contributed by atoms with E-state index in [0.29, 0.717) is 36.4 Å². The Morgan fingerprint density at radius 1 is 1.08 bits per heavy atom. The molecule has 0 saturated heterocycles. The minimum atomic E-state index is -4.55. The Labute approximate surface area is 218 Å². The molecule has 1 amide bonds. The van der Waals surface area contributed by atoms with Crippen LogP contribution >= 0.6 is 11.6 Å². The SMILES string of the molecule is COc1cc2c(cc1OC)C(CCc1cccc(C(F)(F)F)c1Cl)N(C(C(N)=O)c1ccccc1)CC2.